The Hall–Kier alpha value is -1.55. The van der Waals surface area contributed by atoms with Crippen molar-refractivity contribution in [1.29, 1.82) is 0 Å². The monoisotopic (exact) mass is 246 g/mol. The van der Waals surface area contributed by atoms with Crippen molar-refractivity contribution >= 4 is 5.91 Å². The summed E-state index contributed by atoms with van der Waals surface area (Å²) in [5.41, 5.74) is 5.73. The van der Waals surface area contributed by atoms with E-state index in [1.54, 1.807) is 12.1 Å². The summed E-state index contributed by atoms with van der Waals surface area (Å²) in [6, 6.07) is 8.33. The van der Waals surface area contributed by atoms with Crippen LogP contribution in [-0.4, -0.2) is 24.1 Å². The quantitative estimate of drug-likeness (QED) is 0.848. The number of benzene rings is 1. The van der Waals surface area contributed by atoms with Gasteiger partial charge in [-0.3, -0.25) is 4.79 Å². The number of hydrogen-bond donors (Lipinski definition) is 2. The molecule has 0 aromatic heterocycles. The lowest BCUT2D eigenvalue weighted by atomic mass is 10.0. The van der Waals surface area contributed by atoms with Crippen LogP contribution in [0.5, 0.6) is 5.75 Å². The van der Waals surface area contributed by atoms with E-state index in [9.17, 15) is 4.79 Å². The number of primary amides is 1. The minimum absolute atomic E-state index is 0.295. The number of amides is 1. The van der Waals surface area contributed by atoms with E-state index in [-0.39, 0.29) is 0 Å². The van der Waals surface area contributed by atoms with Crippen molar-refractivity contribution < 1.29 is 9.53 Å². The molecule has 1 aromatic carbocycles. The SMILES string of the molecule is NC(=O)c1ccc(OC2C[C@H]3CC[C@@H](C2)N3)cc1. The largest absolute Gasteiger partial charge is 0.490 e. The molecule has 18 heavy (non-hydrogen) atoms. The predicted octanol–water partition coefficient (Wildman–Crippen LogP) is 1.45. The van der Waals surface area contributed by atoms with Crippen molar-refractivity contribution in [3.05, 3.63) is 29.8 Å². The van der Waals surface area contributed by atoms with E-state index >= 15 is 0 Å². The first-order chi connectivity index (χ1) is 8.70. The lowest BCUT2D eigenvalue weighted by molar-refractivity contribution is 0.1000. The zero-order valence-electron chi connectivity index (χ0n) is 10.3. The lowest BCUT2D eigenvalue weighted by Crippen LogP contribution is -2.42. The van der Waals surface area contributed by atoms with Gasteiger partial charge in [0.2, 0.25) is 5.91 Å². The maximum Gasteiger partial charge on any atom is 0.248 e. The molecule has 3 N–H and O–H groups in total. The molecule has 1 aromatic rings. The Morgan fingerprint density at radius 2 is 1.78 bits per heavy atom. The highest BCUT2D eigenvalue weighted by Gasteiger charge is 2.34. The maximum absolute atomic E-state index is 11.0. The van der Waals surface area contributed by atoms with E-state index in [1.165, 1.54) is 12.8 Å². The van der Waals surface area contributed by atoms with E-state index in [0.29, 0.717) is 23.8 Å². The van der Waals surface area contributed by atoms with Crippen LogP contribution in [0.2, 0.25) is 0 Å². The summed E-state index contributed by atoms with van der Waals surface area (Å²) in [6.45, 7) is 0. The fourth-order valence-electron chi connectivity index (χ4n) is 2.99. The van der Waals surface area contributed by atoms with Crippen LogP contribution in [0, 0.1) is 0 Å². The van der Waals surface area contributed by atoms with Crippen LogP contribution in [0.4, 0.5) is 0 Å². The van der Waals surface area contributed by atoms with Gasteiger partial charge in [0, 0.05) is 17.6 Å². The fraction of sp³-hybridized carbons (Fsp3) is 0.500. The normalized spacial score (nSPS) is 30.1. The van der Waals surface area contributed by atoms with Gasteiger partial charge in [-0.15, -0.1) is 0 Å². The molecule has 2 saturated heterocycles. The van der Waals surface area contributed by atoms with Crippen molar-refractivity contribution in [3.63, 3.8) is 0 Å². The Balaban J connectivity index is 1.64. The molecule has 1 amide bonds. The van der Waals surface area contributed by atoms with Crippen LogP contribution >= 0.6 is 0 Å². The summed E-state index contributed by atoms with van der Waals surface area (Å²) in [7, 11) is 0. The Morgan fingerprint density at radius 1 is 1.17 bits per heavy atom. The first kappa shape index (κ1) is 11.5. The number of piperidine rings is 1. The number of carbonyl (C=O) groups excluding carboxylic acids is 1. The third-order valence-corrected chi connectivity index (χ3v) is 3.87. The summed E-state index contributed by atoms with van der Waals surface area (Å²) in [6.07, 6.45) is 4.99. The third-order valence-electron chi connectivity index (χ3n) is 3.87. The first-order valence-corrected chi connectivity index (χ1v) is 6.53. The second-order valence-corrected chi connectivity index (χ2v) is 5.24. The van der Waals surface area contributed by atoms with Crippen LogP contribution in [-0.2, 0) is 0 Å². The molecular weight excluding hydrogens is 228 g/mol. The number of nitrogens with one attached hydrogen (secondary N) is 1. The van der Waals surface area contributed by atoms with E-state index in [1.807, 2.05) is 12.1 Å². The molecule has 0 aliphatic carbocycles. The number of rotatable bonds is 3. The summed E-state index contributed by atoms with van der Waals surface area (Å²) in [5.74, 6) is 0.424. The minimum Gasteiger partial charge on any atom is -0.490 e. The molecule has 3 rings (SSSR count). The Labute approximate surface area is 107 Å². The van der Waals surface area contributed by atoms with Gasteiger partial charge in [-0.25, -0.2) is 0 Å². The molecular formula is C14H18N2O2. The molecule has 2 aliphatic heterocycles. The van der Waals surface area contributed by atoms with Crippen molar-refractivity contribution in [3.8, 4) is 5.75 Å². The zero-order valence-corrected chi connectivity index (χ0v) is 10.3. The van der Waals surface area contributed by atoms with Gasteiger partial charge >= 0.3 is 0 Å². The predicted molar refractivity (Wildman–Crippen MR) is 68.6 cm³/mol. The smallest absolute Gasteiger partial charge is 0.248 e. The third kappa shape index (κ3) is 2.34. The van der Waals surface area contributed by atoms with Gasteiger partial charge in [-0.1, -0.05) is 0 Å². The molecule has 2 bridgehead atoms. The number of carbonyl (C=O) groups is 1. The van der Waals surface area contributed by atoms with E-state index in [0.717, 1.165) is 18.6 Å². The number of hydrogen-bond acceptors (Lipinski definition) is 3. The van der Waals surface area contributed by atoms with Gasteiger partial charge in [0.25, 0.3) is 0 Å². The van der Waals surface area contributed by atoms with Gasteiger partial charge in [0.1, 0.15) is 11.9 Å². The molecule has 2 fully saturated rings. The Bertz CT molecular complexity index is 432. The van der Waals surface area contributed by atoms with Gasteiger partial charge in [-0.2, -0.15) is 0 Å². The fourth-order valence-corrected chi connectivity index (χ4v) is 2.99. The molecule has 4 nitrogen and oxygen atoms in total. The van der Waals surface area contributed by atoms with E-state index in [2.05, 4.69) is 5.32 Å². The lowest BCUT2D eigenvalue weighted by Gasteiger charge is -2.29. The van der Waals surface area contributed by atoms with E-state index in [4.69, 9.17) is 10.5 Å². The van der Waals surface area contributed by atoms with Gasteiger partial charge < -0.3 is 15.8 Å². The second-order valence-electron chi connectivity index (χ2n) is 5.24. The standard InChI is InChI=1S/C14H18N2O2/c15-14(17)9-1-5-12(6-2-9)18-13-7-10-3-4-11(8-13)16-10/h1-2,5-6,10-11,13,16H,3-4,7-8H2,(H2,15,17)/t10-,11+,13?. The topological polar surface area (TPSA) is 64.4 Å². The van der Waals surface area contributed by atoms with Crippen molar-refractivity contribution in [2.45, 2.75) is 43.9 Å². The minimum atomic E-state index is -0.401. The highest BCUT2D eigenvalue weighted by molar-refractivity contribution is 5.92. The maximum atomic E-state index is 11.0. The zero-order chi connectivity index (χ0) is 12.5. The molecule has 3 atom stereocenters. The van der Waals surface area contributed by atoms with Crippen molar-refractivity contribution in [2.75, 3.05) is 0 Å². The summed E-state index contributed by atoms with van der Waals surface area (Å²) < 4.78 is 5.98. The molecule has 0 radical (unpaired) electrons. The van der Waals surface area contributed by atoms with Crippen molar-refractivity contribution in [2.24, 2.45) is 5.73 Å². The summed E-state index contributed by atoms with van der Waals surface area (Å²) >= 11 is 0. The molecule has 1 unspecified atom stereocenters. The first-order valence-electron chi connectivity index (χ1n) is 6.53. The molecule has 96 valence electrons. The number of fused-ring (bicyclic) bond motifs is 2. The number of nitrogens with two attached hydrogens (primary N) is 1. The van der Waals surface area contributed by atoms with Gasteiger partial charge in [0.15, 0.2) is 0 Å². The van der Waals surface area contributed by atoms with Crippen LogP contribution in [0.1, 0.15) is 36.0 Å². The van der Waals surface area contributed by atoms with Crippen LogP contribution in [0.3, 0.4) is 0 Å². The molecule has 0 saturated carbocycles. The average molecular weight is 246 g/mol. The second kappa shape index (κ2) is 4.61. The van der Waals surface area contributed by atoms with Crippen LogP contribution < -0.4 is 15.8 Å². The van der Waals surface area contributed by atoms with Crippen LogP contribution in [0.25, 0.3) is 0 Å². The molecule has 2 aliphatic rings. The van der Waals surface area contributed by atoms with Crippen molar-refractivity contribution in [1.82, 2.24) is 5.32 Å². The number of ether oxygens (including phenoxy) is 1. The van der Waals surface area contributed by atoms with Gasteiger partial charge in [0.05, 0.1) is 0 Å². The summed E-state index contributed by atoms with van der Waals surface area (Å²) in [5, 5.41) is 3.59. The Morgan fingerprint density at radius 3 is 2.33 bits per heavy atom. The van der Waals surface area contributed by atoms with Crippen LogP contribution in [0.15, 0.2) is 24.3 Å². The molecule has 2 heterocycles. The highest BCUT2D eigenvalue weighted by Crippen LogP contribution is 2.29. The molecule has 0 spiro atoms. The average Bonchev–Trinajstić information content (AvgIpc) is 2.69. The summed E-state index contributed by atoms with van der Waals surface area (Å²) in [4.78, 5) is 11.0. The highest BCUT2D eigenvalue weighted by atomic mass is 16.5. The Kier molecular flexibility index (Phi) is 2.96. The van der Waals surface area contributed by atoms with Gasteiger partial charge in [-0.05, 0) is 49.9 Å². The van der Waals surface area contributed by atoms with E-state index < -0.39 is 5.91 Å². The molecule has 4 heteroatoms.